The van der Waals surface area contributed by atoms with Crippen molar-refractivity contribution in [2.24, 2.45) is 0 Å². The number of carbonyl (C=O) groups is 1. The second-order valence-corrected chi connectivity index (χ2v) is 4.68. The first-order valence-corrected chi connectivity index (χ1v) is 6.51. The second-order valence-electron chi connectivity index (χ2n) is 4.68. The number of imidazole rings is 1. The van der Waals surface area contributed by atoms with Gasteiger partial charge in [0.25, 0.3) is 5.91 Å². The van der Waals surface area contributed by atoms with Crippen molar-refractivity contribution in [1.29, 1.82) is 0 Å². The molecular formula is C16H15N3O. The van der Waals surface area contributed by atoms with Crippen molar-refractivity contribution in [2.45, 2.75) is 13.5 Å². The highest BCUT2D eigenvalue weighted by Gasteiger charge is 2.07. The number of hydrogen-bond donors (Lipinski definition) is 1. The highest BCUT2D eigenvalue weighted by Crippen LogP contribution is 2.08. The lowest BCUT2D eigenvalue weighted by atomic mass is 10.2. The molecule has 2 heterocycles. The Balaban J connectivity index is 1.74. The fourth-order valence-electron chi connectivity index (χ4n) is 2.15. The predicted octanol–water partition coefficient (Wildman–Crippen LogP) is 2.57. The first-order chi connectivity index (χ1) is 9.74. The Kier molecular flexibility index (Phi) is 3.21. The van der Waals surface area contributed by atoms with Gasteiger partial charge in [0, 0.05) is 17.5 Å². The molecule has 0 saturated heterocycles. The maximum atomic E-state index is 12.0. The van der Waals surface area contributed by atoms with Gasteiger partial charge in [-0.1, -0.05) is 24.3 Å². The smallest absolute Gasteiger partial charge is 0.251 e. The summed E-state index contributed by atoms with van der Waals surface area (Å²) in [6.07, 6.45) is 1.95. The molecule has 3 aromatic rings. The Morgan fingerprint density at radius 1 is 1.15 bits per heavy atom. The van der Waals surface area contributed by atoms with Crippen molar-refractivity contribution in [3.8, 4) is 0 Å². The van der Waals surface area contributed by atoms with E-state index in [2.05, 4.69) is 10.3 Å². The number of amides is 1. The molecular weight excluding hydrogens is 250 g/mol. The average molecular weight is 265 g/mol. The van der Waals surface area contributed by atoms with Crippen LogP contribution in [0.25, 0.3) is 5.65 Å². The van der Waals surface area contributed by atoms with Crippen molar-refractivity contribution in [1.82, 2.24) is 14.7 Å². The summed E-state index contributed by atoms with van der Waals surface area (Å²) in [6.45, 7) is 2.45. The first-order valence-electron chi connectivity index (χ1n) is 6.51. The number of benzene rings is 1. The van der Waals surface area contributed by atoms with Crippen molar-refractivity contribution < 1.29 is 4.79 Å². The fraction of sp³-hybridized carbons (Fsp3) is 0.125. The van der Waals surface area contributed by atoms with Crippen molar-refractivity contribution in [3.63, 3.8) is 0 Å². The van der Waals surface area contributed by atoms with Gasteiger partial charge >= 0.3 is 0 Å². The van der Waals surface area contributed by atoms with Gasteiger partial charge in [0.15, 0.2) is 0 Å². The maximum absolute atomic E-state index is 12.0. The predicted molar refractivity (Wildman–Crippen MR) is 77.5 cm³/mol. The van der Waals surface area contributed by atoms with E-state index in [4.69, 9.17) is 0 Å². The summed E-state index contributed by atoms with van der Waals surface area (Å²) < 4.78 is 2.02. The number of nitrogens with zero attached hydrogens (tertiary/aromatic N) is 2. The van der Waals surface area contributed by atoms with Crippen LogP contribution in [0, 0.1) is 6.92 Å². The zero-order valence-electron chi connectivity index (χ0n) is 11.2. The van der Waals surface area contributed by atoms with E-state index in [9.17, 15) is 4.79 Å². The van der Waals surface area contributed by atoms with E-state index in [1.165, 1.54) is 0 Å². The molecule has 0 bridgehead atoms. The van der Waals surface area contributed by atoms with Crippen LogP contribution >= 0.6 is 0 Å². The van der Waals surface area contributed by atoms with Crippen LogP contribution in [-0.2, 0) is 6.54 Å². The van der Waals surface area contributed by atoms with Crippen LogP contribution in [0.1, 0.15) is 21.7 Å². The molecule has 0 aliphatic heterocycles. The van der Waals surface area contributed by atoms with Crippen LogP contribution in [0.15, 0.2) is 54.7 Å². The molecule has 20 heavy (non-hydrogen) atoms. The Labute approximate surface area is 117 Å². The van der Waals surface area contributed by atoms with Crippen LogP contribution in [-0.4, -0.2) is 15.3 Å². The lowest BCUT2D eigenvalue weighted by Gasteiger charge is -2.02. The monoisotopic (exact) mass is 265 g/mol. The van der Waals surface area contributed by atoms with Crippen molar-refractivity contribution in [3.05, 3.63) is 71.7 Å². The quantitative estimate of drug-likeness (QED) is 0.791. The number of rotatable bonds is 3. The van der Waals surface area contributed by atoms with Gasteiger partial charge < -0.3 is 9.72 Å². The molecule has 0 aliphatic rings. The second kappa shape index (κ2) is 5.17. The zero-order chi connectivity index (χ0) is 13.9. The van der Waals surface area contributed by atoms with Crippen LogP contribution < -0.4 is 5.32 Å². The third-order valence-corrected chi connectivity index (χ3v) is 3.21. The highest BCUT2D eigenvalue weighted by atomic mass is 16.1. The third kappa shape index (κ3) is 2.40. The molecule has 0 atom stereocenters. The number of aryl methyl sites for hydroxylation is 1. The minimum absolute atomic E-state index is 0.0839. The fourth-order valence-corrected chi connectivity index (χ4v) is 2.15. The lowest BCUT2D eigenvalue weighted by molar-refractivity contribution is 0.0950. The summed E-state index contributed by atoms with van der Waals surface area (Å²) in [4.78, 5) is 16.4. The van der Waals surface area contributed by atoms with Gasteiger partial charge in [-0.25, -0.2) is 4.98 Å². The molecule has 2 aromatic heterocycles. The molecule has 0 unspecified atom stereocenters. The molecule has 1 aromatic carbocycles. The summed E-state index contributed by atoms with van der Waals surface area (Å²) in [6, 6.07) is 15.1. The molecule has 1 amide bonds. The Morgan fingerprint density at radius 2 is 1.95 bits per heavy atom. The van der Waals surface area contributed by atoms with E-state index in [0.29, 0.717) is 12.1 Å². The summed E-state index contributed by atoms with van der Waals surface area (Å²) >= 11 is 0. The number of hydrogen-bond acceptors (Lipinski definition) is 2. The number of pyridine rings is 1. The summed E-state index contributed by atoms with van der Waals surface area (Å²) in [5.41, 5.74) is 3.53. The van der Waals surface area contributed by atoms with Gasteiger partial charge in [0.05, 0.1) is 12.2 Å². The number of aromatic nitrogens is 2. The van der Waals surface area contributed by atoms with Gasteiger partial charge in [-0.15, -0.1) is 0 Å². The first kappa shape index (κ1) is 12.4. The van der Waals surface area contributed by atoms with E-state index in [1.54, 1.807) is 12.1 Å². The van der Waals surface area contributed by atoms with E-state index in [-0.39, 0.29) is 5.91 Å². The van der Waals surface area contributed by atoms with E-state index in [1.807, 2.05) is 53.9 Å². The molecule has 0 fully saturated rings. The van der Waals surface area contributed by atoms with E-state index in [0.717, 1.165) is 17.0 Å². The topological polar surface area (TPSA) is 46.4 Å². The SMILES string of the molecule is Cc1cccc2nc(CNC(=O)c3ccccc3)cn12. The molecule has 4 nitrogen and oxygen atoms in total. The standard InChI is InChI=1S/C16H15N3O/c1-12-6-5-9-15-18-14(11-19(12)15)10-17-16(20)13-7-3-2-4-8-13/h2-9,11H,10H2,1H3,(H,17,20). The minimum atomic E-state index is -0.0839. The lowest BCUT2D eigenvalue weighted by Crippen LogP contribution is -2.22. The molecule has 0 saturated carbocycles. The normalized spacial score (nSPS) is 10.7. The molecule has 0 aliphatic carbocycles. The van der Waals surface area contributed by atoms with E-state index >= 15 is 0 Å². The van der Waals surface area contributed by atoms with Crippen molar-refractivity contribution in [2.75, 3.05) is 0 Å². The molecule has 100 valence electrons. The summed E-state index contributed by atoms with van der Waals surface area (Å²) in [5.74, 6) is -0.0839. The van der Waals surface area contributed by atoms with Gasteiger partial charge in [-0.3, -0.25) is 4.79 Å². The molecule has 0 spiro atoms. The van der Waals surface area contributed by atoms with Gasteiger partial charge in [-0.05, 0) is 31.2 Å². The van der Waals surface area contributed by atoms with Crippen LogP contribution in [0.5, 0.6) is 0 Å². The van der Waals surface area contributed by atoms with Crippen molar-refractivity contribution >= 4 is 11.6 Å². The number of nitrogens with one attached hydrogen (secondary N) is 1. The molecule has 3 rings (SSSR count). The average Bonchev–Trinajstić information content (AvgIpc) is 2.90. The highest BCUT2D eigenvalue weighted by molar-refractivity contribution is 5.94. The van der Waals surface area contributed by atoms with E-state index < -0.39 is 0 Å². The largest absolute Gasteiger partial charge is 0.346 e. The molecule has 4 heteroatoms. The van der Waals surface area contributed by atoms with Gasteiger partial charge in [0.2, 0.25) is 0 Å². The summed E-state index contributed by atoms with van der Waals surface area (Å²) in [5, 5.41) is 2.88. The van der Waals surface area contributed by atoms with Crippen LogP contribution in [0.3, 0.4) is 0 Å². The van der Waals surface area contributed by atoms with Crippen LogP contribution in [0.2, 0.25) is 0 Å². The van der Waals surface area contributed by atoms with Gasteiger partial charge in [0.1, 0.15) is 5.65 Å². The van der Waals surface area contributed by atoms with Gasteiger partial charge in [-0.2, -0.15) is 0 Å². The number of fused-ring (bicyclic) bond motifs is 1. The number of carbonyl (C=O) groups excluding carboxylic acids is 1. The zero-order valence-corrected chi connectivity index (χ0v) is 11.2. The third-order valence-electron chi connectivity index (χ3n) is 3.21. The summed E-state index contributed by atoms with van der Waals surface area (Å²) in [7, 11) is 0. The molecule has 0 radical (unpaired) electrons. The Morgan fingerprint density at radius 3 is 2.70 bits per heavy atom. The minimum Gasteiger partial charge on any atom is -0.346 e. The molecule has 1 N–H and O–H groups in total. The Hall–Kier alpha value is -2.62. The Bertz CT molecular complexity index is 747. The maximum Gasteiger partial charge on any atom is 0.251 e. The van der Waals surface area contributed by atoms with Crippen LogP contribution in [0.4, 0.5) is 0 Å².